The lowest BCUT2D eigenvalue weighted by molar-refractivity contribution is -0.255. The number of aromatic carboxylic acids is 1. The topological polar surface area (TPSA) is 69.2 Å². The number of anilines is 1. The third-order valence-electron chi connectivity index (χ3n) is 2.74. The van der Waals surface area contributed by atoms with Gasteiger partial charge in [0.15, 0.2) is 5.78 Å². The number of carbonyl (C=O) groups is 2. The third-order valence-corrected chi connectivity index (χ3v) is 3.46. The molecule has 0 amide bonds. The van der Waals surface area contributed by atoms with Crippen LogP contribution in [0, 0.1) is 3.57 Å². The summed E-state index contributed by atoms with van der Waals surface area (Å²) in [4.78, 5) is 22.6. The van der Waals surface area contributed by atoms with Crippen LogP contribution in [0.5, 0.6) is 0 Å². The van der Waals surface area contributed by atoms with Crippen LogP contribution in [0.1, 0.15) is 20.7 Å². The van der Waals surface area contributed by atoms with Crippen molar-refractivity contribution in [3.05, 3.63) is 63.2 Å². The molecule has 2 aromatic carbocycles. The number of carboxylic acids is 1. The van der Waals surface area contributed by atoms with Gasteiger partial charge in [-0.25, -0.2) is 0 Å². The lowest BCUT2D eigenvalue weighted by atomic mass is 10.1. The molecule has 0 aliphatic carbocycles. The second-order valence-corrected chi connectivity index (χ2v) is 5.39. The van der Waals surface area contributed by atoms with E-state index in [0.29, 0.717) is 5.56 Å². The molecule has 20 heavy (non-hydrogen) atoms. The van der Waals surface area contributed by atoms with Gasteiger partial charge in [0.25, 0.3) is 0 Å². The summed E-state index contributed by atoms with van der Waals surface area (Å²) in [7, 11) is 0. The largest absolute Gasteiger partial charge is 0.545 e. The highest BCUT2D eigenvalue weighted by molar-refractivity contribution is 14.1. The molecule has 1 N–H and O–H groups in total. The molecule has 0 unspecified atom stereocenters. The highest BCUT2D eigenvalue weighted by Crippen LogP contribution is 2.11. The van der Waals surface area contributed by atoms with Crippen molar-refractivity contribution in [3.63, 3.8) is 0 Å². The average Bonchev–Trinajstić information content (AvgIpc) is 2.46. The van der Waals surface area contributed by atoms with Gasteiger partial charge in [-0.15, -0.1) is 0 Å². The number of ketones is 1. The first-order valence-electron chi connectivity index (χ1n) is 5.90. The number of hydrogen-bond donors (Lipinski definition) is 1. The van der Waals surface area contributed by atoms with Crippen LogP contribution in [-0.2, 0) is 0 Å². The zero-order chi connectivity index (χ0) is 14.5. The van der Waals surface area contributed by atoms with E-state index in [1.807, 2.05) is 24.3 Å². The van der Waals surface area contributed by atoms with Crippen molar-refractivity contribution in [1.82, 2.24) is 0 Å². The standard InChI is InChI=1S/C15H12INO3/c16-12-5-7-13(8-6-12)17-9-14(18)10-1-3-11(4-2-10)15(19)20/h1-8,17H,9H2,(H,19,20)/p-1. The van der Waals surface area contributed by atoms with Gasteiger partial charge >= 0.3 is 0 Å². The van der Waals surface area contributed by atoms with Crippen LogP contribution < -0.4 is 10.4 Å². The van der Waals surface area contributed by atoms with Crippen LogP contribution in [0.15, 0.2) is 48.5 Å². The van der Waals surface area contributed by atoms with Crippen LogP contribution in [0.2, 0.25) is 0 Å². The Bertz CT molecular complexity index is 621. The number of halogens is 1. The van der Waals surface area contributed by atoms with Crippen molar-refractivity contribution in [1.29, 1.82) is 0 Å². The lowest BCUT2D eigenvalue weighted by Gasteiger charge is -2.07. The minimum absolute atomic E-state index is 0.0622. The molecule has 0 aromatic heterocycles. The van der Waals surface area contributed by atoms with E-state index in [0.717, 1.165) is 9.26 Å². The molecule has 5 heteroatoms. The molecule has 0 saturated carbocycles. The summed E-state index contributed by atoms with van der Waals surface area (Å²) in [6.07, 6.45) is 0. The van der Waals surface area contributed by atoms with Crippen LogP contribution in [-0.4, -0.2) is 18.3 Å². The fourth-order valence-electron chi connectivity index (χ4n) is 1.64. The lowest BCUT2D eigenvalue weighted by Crippen LogP contribution is -2.22. The summed E-state index contributed by atoms with van der Waals surface area (Å²) in [6.45, 7) is 0.158. The van der Waals surface area contributed by atoms with Gasteiger partial charge in [0.05, 0.1) is 12.5 Å². The molecule has 2 rings (SSSR count). The molecule has 0 radical (unpaired) electrons. The molecule has 0 bridgehead atoms. The van der Waals surface area contributed by atoms with Crippen LogP contribution in [0.4, 0.5) is 5.69 Å². The number of benzene rings is 2. The summed E-state index contributed by atoms with van der Waals surface area (Å²) in [5.74, 6) is -1.35. The summed E-state index contributed by atoms with van der Waals surface area (Å²) in [5, 5.41) is 13.6. The second kappa shape index (κ2) is 6.51. The van der Waals surface area contributed by atoms with Gasteiger partial charge in [-0.05, 0) is 52.4 Å². The number of Topliss-reactive ketones (excluding diaryl/α,β-unsaturated/α-hetero) is 1. The Morgan fingerprint density at radius 3 is 2.05 bits per heavy atom. The van der Waals surface area contributed by atoms with E-state index >= 15 is 0 Å². The summed E-state index contributed by atoms with van der Waals surface area (Å²) >= 11 is 2.21. The Morgan fingerprint density at radius 1 is 0.950 bits per heavy atom. The Balaban J connectivity index is 1.97. The van der Waals surface area contributed by atoms with E-state index < -0.39 is 5.97 Å². The van der Waals surface area contributed by atoms with E-state index in [4.69, 9.17) is 0 Å². The number of carboxylic acid groups (broad SMARTS) is 1. The van der Waals surface area contributed by atoms with Gasteiger partial charge in [0.1, 0.15) is 0 Å². The maximum absolute atomic E-state index is 11.9. The van der Waals surface area contributed by atoms with Crippen molar-refractivity contribution in [3.8, 4) is 0 Å². The molecule has 102 valence electrons. The first-order chi connectivity index (χ1) is 9.56. The maximum Gasteiger partial charge on any atom is 0.181 e. The molecule has 4 nitrogen and oxygen atoms in total. The van der Waals surface area contributed by atoms with E-state index in [-0.39, 0.29) is 17.9 Å². The quantitative estimate of drug-likeness (QED) is 0.636. The minimum Gasteiger partial charge on any atom is -0.545 e. The molecule has 0 aliphatic heterocycles. The number of hydrogen-bond acceptors (Lipinski definition) is 4. The summed E-state index contributed by atoms with van der Waals surface area (Å²) < 4.78 is 1.12. The molecule has 0 saturated heterocycles. The summed E-state index contributed by atoms with van der Waals surface area (Å²) in [6, 6.07) is 13.4. The Kier molecular flexibility index (Phi) is 4.73. The van der Waals surface area contributed by atoms with Crippen molar-refractivity contribution in [2.75, 3.05) is 11.9 Å². The third kappa shape index (κ3) is 3.80. The monoisotopic (exact) mass is 380 g/mol. The Morgan fingerprint density at radius 2 is 1.50 bits per heavy atom. The fraction of sp³-hybridized carbons (Fsp3) is 0.0667. The molecular weight excluding hydrogens is 369 g/mol. The van der Waals surface area contributed by atoms with Gasteiger partial charge < -0.3 is 15.2 Å². The molecular formula is C15H11INO3-. The number of carbonyl (C=O) groups excluding carboxylic acids is 2. The Hall–Kier alpha value is -1.89. The van der Waals surface area contributed by atoms with E-state index in [2.05, 4.69) is 27.9 Å². The van der Waals surface area contributed by atoms with Crippen molar-refractivity contribution in [2.45, 2.75) is 0 Å². The molecule has 0 spiro atoms. The van der Waals surface area contributed by atoms with Gasteiger partial charge in [0, 0.05) is 14.8 Å². The molecule has 2 aromatic rings. The van der Waals surface area contributed by atoms with Gasteiger partial charge in [-0.3, -0.25) is 4.79 Å². The van der Waals surface area contributed by atoms with E-state index in [1.54, 1.807) is 0 Å². The molecule has 0 aliphatic rings. The minimum atomic E-state index is -1.25. The Labute approximate surface area is 130 Å². The molecule has 0 heterocycles. The maximum atomic E-state index is 11.9. The van der Waals surface area contributed by atoms with Crippen molar-refractivity contribution < 1.29 is 14.7 Å². The van der Waals surface area contributed by atoms with E-state index in [9.17, 15) is 14.7 Å². The van der Waals surface area contributed by atoms with Crippen LogP contribution >= 0.6 is 22.6 Å². The van der Waals surface area contributed by atoms with E-state index in [1.165, 1.54) is 24.3 Å². The highest BCUT2D eigenvalue weighted by Gasteiger charge is 2.05. The fourth-order valence-corrected chi connectivity index (χ4v) is 2.00. The first kappa shape index (κ1) is 14.5. The average molecular weight is 380 g/mol. The van der Waals surface area contributed by atoms with Crippen LogP contribution in [0.3, 0.4) is 0 Å². The molecule has 0 fully saturated rings. The zero-order valence-corrected chi connectivity index (χ0v) is 12.6. The normalized spacial score (nSPS) is 10.1. The first-order valence-corrected chi connectivity index (χ1v) is 6.98. The predicted octanol–water partition coefficient (Wildman–Crippen LogP) is 1.95. The SMILES string of the molecule is O=C([O-])c1ccc(C(=O)CNc2ccc(I)cc2)cc1. The zero-order valence-electron chi connectivity index (χ0n) is 10.4. The van der Waals surface area contributed by atoms with Crippen LogP contribution in [0.25, 0.3) is 0 Å². The van der Waals surface area contributed by atoms with Gasteiger partial charge in [-0.2, -0.15) is 0 Å². The highest BCUT2D eigenvalue weighted by atomic mass is 127. The number of rotatable bonds is 5. The smallest absolute Gasteiger partial charge is 0.181 e. The van der Waals surface area contributed by atoms with Crippen molar-refractivity contribution >= 4 is 40.0 Å². The van der Waals surface area contributed by atoms with Gasteiger partial charge in [-0.1, -0.05) is 24.3 Å². The molecule has 0 atom stereocenters. The number of nitrogens with one attached hydrogen (secondary N) is 1. The second-order valence-electron chi connectivity index (χ2n) is 4.15. The summed E-state index contributed by atoms with van der Waals surface area (Å²) in [5.41, 5.74) is 1.39. The van der Waals surface area contributed by atoms with Crippen molar-refractivity contribution in [2.24, 2.45) is 0 Å². The van der Waals surface area contributed by atoms with Gasteiger partial charge in [0.2, 0.25) is 0 Å². The predicted molar refractivity (Wildman–Crippen MR) is 82.8 cm³/mol.